The molecule has 0 aromatic heterocycles. The van der Waals surface area contributed by atoms with Crippen LogP contribution in [-0.4, -0.2) is 51.8 Å². The average molecular weight is 311 g/mol. The molecule has 1 aromatic rings. The fraction of sp³-hybridized carbons (Fsp3) is 0.467. The topological polar surface area (TPSA) is 87.1 Å². The van der Waals surface area contributed by atoms with Gasteiger partial charge < -0.3 is 19.8 Å². The quantitative estimate of drug-likeness (QED) is 0.867. The second kappa shape index (κ2) is 6.31. The van der Waals surface area contributed by atoms with Crippen LogP contribution in [0.1, 0.15) is 19.8 Å². The fourth-order valence-corrected chi connectivity index (χ4v) is 2.35. The molecule has 1 fully saturated rings. The molecule has 22 heavy (non-hydrogen) atoms. The predicted octanol–water partition coefficient (Wildman–Crippen LogP) is 1.03. The maximum Gasteiger partial charge on any atom is 0.335 e. The van der Waals surface area contributed by atoms with Gasteiger partial charge in [0, 0.05) is 25.9 Å². The van der Waals surface area contributed by atoms with Gasteiger partial charge in [-0.2, -0.15) is 0 Å². The molecular weight excluding hydrogens is 293 g/mol. The van der Waals surface area contributed by atoms with Crippen molar-refractivity contribution in [2.75, 3.05) is 13.1 Å². The molecule has 120 valence electrons. The molecule has 1 aliphatic rings. The molecule has 1 aliphatic heterocycles. The molecule has 7 heteroatoms. The van der Waals surface area contributed by atoms with E-state index in [1.165, 1.54) is 30.0 Å². The van der Waals surface area contributed by atoms with Gasteiger partial charge in [-0.3, -0.25) is 4.79 Å². The molecule has 1 atom stereocenters. The van der Waals surface area contributed by atoms with Gasteiger partial charge in [-0.05, 0) is 19.1 Å². The number of hydrogen-bond donors (Lipinski definition) is 2. The Morgan fingerprint density at radius 2 is 1.91 bits per heavy atom. The van der Waals surface area contributed by atoms with Gasteiger partial charge in [0.25, 0.3) is 5.91 Å². The minimum absolute atomic E-state index is 0.0117. The highest BCUT2D eigenvalue weighted by Crippen LogP contribution is 2.24. The fourth-order valence-electron chi connectivity index (χ4n) is 2.35. The van der Waals surface area contributed by atoms with Gasteiger partial charge in [-0.15, -0.1) is 0 Å². The predicted molar refractivity (Wildman–Crippen MR) is 74.9 cm³/mol. The summed E-state index contributed by atoms with van der Waals surface area (Å²) in [6, 6.07) is 5.79. The van der Waals surface area contributed by atoms with Crippen LogP contribution in [0.4, 0.5) is 4.39 Å². The van der Waals surface area contributed by atoms with E-state index in [2.05, 4.69) is 0 Å². The van der Waals surface area contributed by atoms with Gasteiger partial charge >= 0.3 is 5.97 Å². The maximum atomic E-state index is 13.5. The monoisotopic (exact) mass is 311 g/mol. The lowest BCUT2D eigenvalue weighted by atomic mass is 9.91. The lowest BCUT2D eigenvalue weighted by Gasteiger charge is -2.36. The van der Waals surface area contributed by atoms with Gasteiger partial charge in [0.15, 0.2) is 23.3 Å². The van der Waals surface area contributed by atoms with Crippen LogP contribution in [-0.2, 0) is 9.59 Å². The number of carboxylic acid groups (broad SMARTS) is 1. The zero-order chi connectivity index (χ0) is 16.3. The minimum Gasteiger partial charge on any atom is -0.479 e. The van der Waals surface area contributed by atoms with Crippen LogP contribution in [0.15, 0.2) is 24.3 Å². The number of carbonyl (C=O) groups excluding carboxylic acids is 1. The third-order valence-electron chi connectivity index (χ3n) is 3.79. The Bertz CT molecular complexity index is 569. The van der Waals surface area contributed by atoms with Crippen LogP contribution in [0.5, 0.6) is 5.75 Å². The van der Waals surface area contributed by atoms with Crippen molar-refractivity contribution in [2.45, 2.75) is 31.5 Å². The van der Waals surface area contributed by atoms with Crippen molar-refractivity contribution < 1.29 is 28.9 Å². The molecule has 0 aliphatic carbocycles. The zero-order valence-corrected chi connectivity index (χ0v) is 12.2. The van der Waals surface area contributed by atoms with Crippen molar-refractivity contribution in [3.63, 3.8) is 0 Å². The molecule has 0 saturated carbocycles. The summed E-state index contributed by atoms with van der Waals surface area (Å²) < 4.78 is 18.8. The van der Waals surface area contributed by atoms with Gasteiger partial charge in [-0.25, -0.2) is 9.18 Å². The van der Waals surface area contributed by atoms with E-state index in [9.17, 15) is 19.1 Å². The van der Waals surface area contributed by atoms with Crippen LogP contribution < -0.4 is 4.74 Å². The molecule has 2 N–H and O–H groups in total. The van der Waals surface area contributed by atoms with Crippen LogP contribution >= 0.6 is 0 Å². The molecule has 0 spiro atoms. The van der Waals surface area contributed by atoms with E-state index in [4.69, 9.17) is 9.84 Å². The number of hydrogen-bond acceptors (Lipinski definition) is 4. The molecule has 1 amide bonds. The lowest BCUT2D eigenvalue weighted by Crippen LogP contribution is -2.53. The number of carbonyl (C=O) groups is 2. The summed E-state index contributed by atoms with van der Waals surface area (Å²) in [6.07, 6.45) is -0.978. The molecular formula is C15H18FNO5. The second-order valence-corrected chi connectivity index (χ2v) is 5.35. The van der Waals surface area contributed by atoms with Crippen LogP contribution in [0.25, 0.3) is 0 Å². The number of halogens is 1. The van der Waals surface area contributed by atoms with Crippen LogP contribution in [0.2, 0.25) is 0 Å². The van der Waals surface area contributed by atoms with Gasteiger partial charge in [0.1, 0.15) is 0 Å². The number of likely N-dealkylation sites (tertiary alicyclic amines) is 1. The van der Waals surface area contributed by atoms with E-state index < -0.39 is 23.5 Å². The highest BCUT2D eigenvalue weighted by molar-refractivity contribution is 5.82. The zero-order valence-electron chi connectivity index (χ0n) is 12.2. The first-order valence-electron chi connectivity index (χ1n) is 6.99. The maximum absolute atomic E-state index is 13.5. The minimum atomic E-state index is -1.79. The molecule has 1 unspecified atom stereocenters. The number of nitrogens with zero attached hydrogens (tertiary/aromatic N) is 1. The van der Waals surface area contributed by atoms with E-state index in [0.717, 1.165) is 0 Å². The average Bonchev–Trinajstić information content (AvgIpc) is 2.49. The summed E-state index contributed by atoms with van der Waals surface area (Å²) in [5.74, 6) is -2.21. The van der Waals surface area contributed by atoms with E-state index in [-0.39, 0.29) is 37.6 Å². The van der Waals surface area contributed by atoms with E-state index >= 15 is 0 Å². The Morgan fingerprint density at radius 1 is 1.32 bits per heavy atom. The summed E-state index contributed by atoms with van der Waals surface area (Å²) in [7, 11) is 0. The molecule has 0 radical (unpaired) electrons. The highest BCUT2D eigenvalue weighted by atomic mass is 19.1. The third kappa shape index (κ3) is 3.36. The Morgan fingerprint density at radius 3 is 2.45 bits per heavy atom. The smallest absolute Gasteiger partial charge is 0.335 e. The van der Waals surface area contributed by atoms with Crippen molar-refractivity contribution in [3.8, 4) is 5.75 Å². The van der Waals surface area contributed by atoms with E-state index in [1.54, 1.807) is 6.07 Å². The highest BCUT2D eigenvalue weighted by Gasteiger charge is 2.41. The largest absolute Gasteiger partial charge is 0.479 e. The van der Waals surface area contributed by atoms with E-state index in [1.807, 2.05) is 0 Å². The SMILES string of the molecule is CC(Oc1ccccc1F)C(=O)N1CCC(O)(C(=O)O)CC1. The molecule has 0 bridgehead atoms. The summed E-state index contributed by atoms with van der Waals surface area (Å²) in [6.45, 7) is 1.74. The van der Waals surface area contributed by atoms with Crippen LogP contribution in [0.3, 0.4) is 0 Å². The first-order chi connectivity index (χ1) is 10.3. The van der Waals surface area contributed by atoms with Crippen LogP contribution in [0, 0.1) is 5.82 Å². The normalized spacial score (nSPS) is 18.6. The van der Waals surface area contributed by atoms with Crippen molar-refractivity contribution >= 4 is 11.9 Å². The number of aliphatic hydroxyl groups is 1. The second-order valence-electron chi connectivity index (χ2n) is 5.35. The lowest BCUT2D eigenvalue weighted by molar-refractivity contribution is -0.166. The summed E-state index contributed by atoms with van der Waals surface area (Å²) >= 11 is 0. The number of benzene rings is 1. The van der Waals surface area contributed by atoms with Crippen molar-refractivity contribution in [2.24, 2.45) is 0 Å². The van der Waals surface area contributed by atoms with Gasteiger partial charge in [0.05, 0.1) is 0 Å². The Hall–Kier alpha value is -2.15. The van der Waals surface area contributed by atoms with Gasteiger partial charge in [-0.1, -0.05) is 12.1 Å². The standard InChI is InChI=1S/C15H18FNO5/c1-10(22-12-5-3-2-4-11(12)16)13(18)17-8-6-15(21,7-9-17)14(19)20/h2-5,10,21H,6-9H2,1H3,(H,19,20). The van der Waals surface area contributed by atoms with Crippen molar-refractivity contribution in [1.82, 2.24) is 4.90 Å². The number of piperidine rings is 1. The number of carboxylic acids is 1. The Labute approximate surface area is 127 Å². The molecule has 2 rings (SSSR count). The third-order valence-corrected chi connectivity index (χ3v) is 3.79. The number of ether oxygens (including phenoxy) is 1. The summed E-state index contributed by atoms with van der Waals surface area (Å²) in [5.41, 5.74) is -1.79. The molecule has 1 aromatic carbocycles. The van der Waals surface area contributed by atoms with E-state index in [0.29, 0.717) is 0 Å². The number of amides is 1. The molecule has 1 saturated heterocycles. The number of rotatable bonds is 4. The van der Waals surface area contributed by atoms with Crippen molar-refractivity contribution in [3.05, 3.63) is 30.1 Å². The number of para-hydroxylation sites is 1. The van der Waals surface area contributed by atoms with Gasteiger partial charge in [0.2, 0.25) is 0 Å². The molecule has 6 nitrogen and oxygen atoms in total. The van der Waals surface area contributed by atoms with Crippen molar-refractivity contribution in [1.29, 1.82) is 0 Å². The number of aliphatic carboxylic acids is 1. The summed E-state index contributed by atoms with van der Waals surface area (Å²) in [4.78, 5) is 24.6. The first-order valence-corrected chi connectivity index (χ1v) is 6.99. The Balaban J connectivity index is 1.95. The Kier molecular flexibility index (Phi) is 4.65. The first kappa shape index (κ1) is 16.2. The molecule has 1 heterocycles. The summed E-state index contributed by atoms with van der Waals surface area (Å²) in [5, 5.41) is 18.8.